The summed E-state index contributed by atoms with van der Waals surface area (Å²) in [5.74, 6) is -3.75. The summed E-state index contributed by atoms with van der Waals surface area (Å²) in [6.45, 7) is 3.17. The highest BCUT2D eigenvalue weighted by Gasteiger charge is 2.16. The van der Waals surface area contributed by atoms with Crippen molar-refractivity contribution in [2.75, 3.05) is 20.3 Å². The van der Waals surface area contributed by atoms with Gasteiger partial charge in [-0.2, -0.15) is 0 Å². The molecular weight excluding hydrogens is 243 g/mol. The number of hydrogen-bond acceptors (Lipinski definition) is 2. The van der Waals surface area contributed by atoms with E-state index in [1.54, 1.807) is 7.11 Å². The van der Waals surface area contributed by atoms with Gasteiger partial charge in [0.05, 0.1) is 0 Å². The van der Waals surface area contributed by atoms with Crippen molar-refractivity contribution >= 4 is 0 Å². The molecule has 0 radical (unpaired) electrons. The zero-order valence-corrected chi connectivity index (χ0v) is 10.6. The summed E-state index contributed by atoms with van der Waals surface area (Å²) in [5, 5.41) is 3.16. The number of hydrogen-bond donors (Lipinski definition) is 1. The van der Waals surface area contributed by atoms with Crippen LogP contribution in [0, 0.1) is 17.5 Å². The monoisotopic (exact) mass is 261 g/mol. The molecule has 0 aromatic heterocycles. The van der Waals surface area contributed by atoms with E-state index in [1.165, 1.54) is 0 Å². The first-order valence-corrected chi connectivity index (χ1v) is 5.96. The number of halogens is 3. The normalized spacial score (nSPS) is 12.7. The van der Waals surface area contributed by atoms with Crippen molar-refractivity contribution in [2.45, 2.75) is 25.8 Å². The Hall–Kier alpha value is -1.07. The van der Waals surface area contributed by atoms with Crippen molar-refractivity contribution < 1.29 is 17.9 Å². The Kier molecular flexibility index (Phi) is 6.15. The Balaban J connectivity index is 2.89. The molecule has 0 bridgehead atoms. The van der Waals surface area contributed by atoms with Crippen LogP contribution in [0.1, 0.15) is 31.4 Å². The van der Waals surface area contributed by atoms with Crippen molar-refractivity contribution in [2.24, 2.45) is 0 Å². The van der Waals surface area contributed by atoms with Gasteiger partial charge in [0.1, 0.15) is 0 Å². The smallest absolute Gasteiger partial charge is 0.194 e. The van der Waals surface area contributed by atoms with Crippen LogP contribution in [0.2, 0.25) is 0 Å². The van der Waals surface area contributed by atoms with E-state index in [1.807, 2.05) is 6.92 Å². The van der Waals surface area contributed by atoms with Crippen LogP contribution < -0.4 is 5.32 Å². The van der Waals surface area contributed by atoms with Crippen LogP contribution in [0.3, 0.4) is 0 Å². The number of benzene rings is 1. The molecule has 1 aromatic carbocycles. The van der Waals surface area contributed by atoms with Gasteiger partial charge in [-0.25, -0.2) is 13.2 Å². The molecule has 1 unspecified atom stereocenters. The lowest BCUT2D eigenvalue weighted by Gasteiger charge is -2.19. The fraction of sp³-hybridized carbons (Fsp3) is 0.538. The first-order valence-electron chi connectivity index (χ1n) is 5.96. The van der Waals surface area contributed by atoms with Crippen LogP contribution in [-0.2, 0) is 4.74 Å². The fourth-order valence-electron chi connectivity index (χ4n) is 1.72. The van der Waals surface area contributed by atoms with Crippen molar-refractivity contribution in [1.29, 1.82) is 0 Å². The molecule has 0 aliphatic heterocycles. The summed E-state index contributed by atoms with van der Waals surface area (Å²) >= 11 is 0. The zero-order chi connectivity index (χ0) is 13.5. The van der Waals surface area contributed by atoms with E-state index in [2.05, 4.69) is 5.32 Å². The third-order valence-corrected chi connectivity index (χ3v) is 2.66. The molecular formula is C13H18F3NO. The van der Waals surface area contributed by atoms with E-state index in [0.717, 1.165) is 25.1 Å². The maximum atomic E-state index is 13.2. The maximum absolute atomic E-state index is 13.2. The van der Waals surface area contributed by atoms with Crippen molar-refractivity contribution in [3.05, 3.63) is 35.1 Å². The minimum absolute atomic E-state index is 0.241. The first-order chi connectivity index (χ1) is 8.60. The maximum Gasteiger partial charge on any atom is 0.194 e. The topological polar surface area (TPSA) is 21.3 Å². The van der Waals surface area contributed by atoms with E-state index in [0.29, 0.717) is 18.6 Å². The quantitative estimate of drug-likeness (QED) is 0.761. The molecule has 102 valence electrons. The lowest BCUT2D eigenvalue weighted by atomic mass is 10.0. The van der Waals surface area contributed by atoms with Gasteiger partial charge in [0.2, 0.25) is 0 Å². The number of methoxy groups -OCH3 is 1. The first kappa shape index (κ1) is 15.0. The fourth-order valence-corrected chi connectivity index (χ4v) is 1.72. The minimum Gasteiger partial charge on any atom is -0.385 e. The Morgan fingerprint density at radius 3 is 2.33 bits per heavy atom. The summed E-state index contributed by atoms with van der Waals surface area (Å²) < 4.78 is 44.2. The van der Waals surface area contributed by atoms with Gasteiger partial charge in [0.25, 0.3) is 0 Å². The van der Waals surface area contributed by atoms with E-state index >= 15 is 0 Å². The summed E-state index contributed by atoms with van der Waals surface area (Å²) in [5.41, 5.74) is 0.400. The molecule has 5 heteroatoms. The average molecular weight is 261 g/mol. The highest BCUT2D eigenvalue weighted by molar-refractivity contribution is 5.22. The van der Waals surface area contributed by atoms with E-state index in [9.17, 15) is 13.2 Å². The Bertz CT molecular complexity index is 353. The lowest BCUT2D eigenvalue weighted by molar-refractivity contribution is 0.182. The molecule has 0 spiro atoms. The Labute approximate surface area is 105 Å². The molecule has 0 amide bonds. The second-order valence-electron chi connectivity index (χ2n) is 4.09. The molecule has 1 rings (SSSR count). The summed E-state index contributed by atoms with van der Waals surface area (Å²) in [7, 11) is 1.56. The predicted molar refractivity (Wildman–Crippen MR) is 63.8 cm³/mol. The van der Waals surface area contributed by atoms with E-state index in [4.69, 9.17) is 4.74 Å². The number of rotatable bonds is 7. The highest BCUT2D eigenvalue weighted by Crippen LogP contribution is 2.21. The summed E-state index contributed by atoms with van der Waals surface area (Å²) in [6.07, 6.45) is 1.47. The molecule has 18 heavy (non-hydrogen) atoms. The minimum atomic E-state index is -1.43. The van der Waals surface area contributed by atoms with Crippen LogP contribution in [0.4, 0.5) is 13.2 Å². The number of nitrogens with one attached hydrogen (secondary N) is 1. The van der Waals surface area contributed by atoms with Gasteiger partial charge in [-0.05, 0) is 37.1 Å². The molecule has 0 aliphatic rings. The second-order valence-corrected chi connectivity index (χ2v) is 4.09. The molecule has 0 saturated heterocycles. The molecule has 0 saturated carbocycles. The summed E-state index contributed by atoms with van der Waals surface area (Å²) in [4.78, 5) is 0. The predicted octanol–water partition coefficient (Wildman–Crippen LogP) is 3.18. The Morgan fingerprint density at radius 2 is 1.83 bits per heavy atom. The standard InChI is InChI=1S/C13H18F3NO/c1-3-5-17-12(4-6-18-2)9-7-10(14)13(16)11(15)8-9/h7-8,12,17H,3-6H2,1-2H3. The van der Waals surface area contributed by atoms with Crippen LogP contribution in [0.25, 0.3) is 0 Å². The van der Waals surface area contributed by atoms with Crippen molar-refractivity contribution in [1.82, 2.24) is 5.32 Å². The van der Waals surface area contributed by atoms with Crippen LogP contribution in [0.15, 0.2) is 12.1 Å². The third kappa shape index (κ3) is 3.99. The molecule has 1 aromatic rings. The molecule has 1 atom stereocenters. The lowest BCUT2D eigenvalue weighted by Crippen LogP contribution is -2.23. The van der Waals surface area contributed by atoms with Gasteiger partial charge in [-0.15, -0.1) is 0 Å². The van der Waals surface area contributed by atoms with Crippen LogP contribution >= 0.6 is 0 Å². The van der Waals surface area contributed by atoms with Gasteiger partial charge in [0, 0.05) is 19.8 Å². The third-order valence-electron chi connectivity index (χ3n) is 2.66. The molecule has 0 heterocycles. The molecule has 1 N–H and O–H groups in total. The second kappa shape index (κ2) is 7.38. The van der Waals surface area contributed by atoms with Crippen LogP contribution in [0.5, 0.6) is 0 Å². The van der Waals surface area contributed by atoms with E-state index < -0.39 is 17.5 Å². The van der Waals surface area contributed by atoms with Gasteiger partial charge >= 0.3 is 0 Å². The zero-order valence-electron chi connectivity index (χ0n) is 10.6. The molecule has 0 fully saturated rings. The largest absolute Gasteiger partial charge is 0.385 e. The van der Waals surface area contributed by atoms with Crippen molar-refractivity contribution in [3.8, 4) is 0 Å². The highest BCUT2D eigenvalue weighted by atomic mass is 19.2. The van der Waals surface area contributed by atoms with Gasteiger partial charge in [-0.1, -0.05) is 6.92 Å². The molecule has 0 aliphatic carbocycles. The van der Waals surface area contributed by atoms with Crippen LogP contribution in [-0.4, -0.2) is 20.3 Å². The van der Waals surface area contributed by atoms with E-state index in [-0.39, 0.29) is 6.04 Å². The number of ether oxygens (including phenoxy) is 1. The van der Waals surface area contributed by atoms with Gasteiger partial charge < -0.3 is 10.1 Å². The Morgan fingerprint density at radius 1 is 1.22 bits per heavy atom. The van der Waals surface area contributed by atoms with Gasteiger partial charge in [0.15, 0.2) is 17.5 Å². The molecule has 2 nitrogen and oxygen atoms in total. The average Bonchev–Trinajstić information content (AvgIpc) is 2.35. The van der Waals surface area contributed by atoms with Gasteiger partial charge in [-0.3, -0.25) is 0 Å². The summed E-state index contributed by atoms with van der Waals surface area (Å²) in [6, 6.07) is 1.82. The van der Waals surface area contributed by atoms with Crippen molar-refractivity contribution in [3.63, 3.8) is 0 Å². The SMILES string of the molecule is CCCNC(CCOC)c1cc(F)c(F)c(F)c1.